The number of ether oxygens (including phenoxy) is 1. The molecule has 18 heavy (non-hydrogen) atoms. The van der Waals surface area contributed by atoms with Gasteiger partial charge in [-0.1, -0.05) is 0 Å². The maximum atomic E-state index is 12.1. The lowest BCUT2D eigenvalue weighted by Gasteiger charge is -2.23. The third kappa shape index (κ3) is 2.42. The van der Waals surface area contributed by atoms with Crippen LogP contribution in [0.25, 0.3) is 0 Å². The molecule has 1 atom stereocenters. The highest BCUT2D eigenvalue weighted by Gasteiger charge is 2.45. The van der Waals surface area contributed by atoms with Crippen molar-refractivity contribution in [2.45, 2.75) is 44.2 Å². The van der Waals surface area contributed by atoms with Gasteiger partial charge in [-0.3, -0.25) is 14.5 Å². The summed E-state index contributed by atoms with van der Waals surface area (Å²) in [6.07, 6.45) is 4.43. The molecule has 2 aliphatic heterocycles. The van der Waals surface area contributed by atoms with Crippen LogP contribution in [0.5, 0.6) is 0 Å². The minimum atomic E-state index is -0.277. The summed E-state index contributed by atoms with van der Waals surface area (Å²) in [5.74, 6) is 0.582. The molecule has 0 radical (unpaired) electrons. The number of nitrogens with zero attached hydrogens (tertiary/aromatic N) is 1. The van der Waals surface area contributed by atoms with Crippen LogP contribution in [0.15, 0.2) is 0 Å². The Morgan fingerprint density at radius 2 is 1.89 bits per heavy atom. The summed E-state index contributed by atoms with van der Waals surface area (Å²) in [6.45, 7) is 2.46. The van der Waals surface area contributed by atoms with Gasteiger partial charge < -0.3 is 10.1 Å². The van der Waals surface area contributed by atoms with Crippen molar-refractivity contribution >= 4 is 11.8 Å². The maximum Gasteiger partial charge on any atom is 0.247 e. The quantitative estimate of drug-likeness (QED) is 0.731. The third-order valence-corrected chi connectivity index (χ3v) is 4.09. The lowest BCUT2D eigenvalue weighted by atomic mass is 10.00. The molecular formula is C13H20N2O3. The van der Waals surface area contributed by atoms with Crippen LogP contribution < -0.4 is 5.32 Å². The van der Waals surface area contributed by atoms with Gasteiger partial charge >= 0.3 is 0 Å². The van der Waals surface area contributed by atoms with Crippen LogP contribution in [-0.4, -0.2) is 48.6 Å². The molecule has 2 heterocycles. The maximum absolute atomic E-state index is 12.1. The molecular weight excluding hydrogens is 232 g/mol. The SMILES string of the molecule is O=C1CC(NCC2CCOCC2)C(=O)N1C1CC1. The number of nitrogens with one attached hydrogen (secondary N) is 1. The van der Waals surface area contributed by atoms with Gasteiger partial charge in [0.25, 0.3) is 0 Å². The number of amides is 2. The summed E-state index contributed by atoms with van der Waals surface area (Å²) in [5.41, 5.74) is 0. The molecule has 0 aromatic carbocycles. The van der Waals surface area contributed by atoms with Gasteiger partial charge in [0.1, 0.15) is 0 Å². The fourth-order valence-electron chi connectivity index (χ4n) is 2.79. The molecule has 0 bridgehead atoms. The second-order valence-corrected chi connectivity index (χ2v) is 5.55. The molecule has 0 spiro atoms. The van der Waals surface area contributed by atoms with Crippen LogP contribution in [0.3, 0.4) is 0 Å². The summed E-state index contributed by atoms with van der Waals surface area (Å²) >= 11 is 0. The van der Waals surface area contributed by atoms with Gasteiger partial charge in [0.15, 0.2) is 0 Å². The third-order valence-electron chi connectivity index (χ3n) is 4.09. The van der Waals surface area contributed by atoms with Crippen molar-refractivity contribution in [3.8, 4) is 0 Å². The van der Waals surface area contributed by atoms with E-state index in [1.165, 1.54) is 4.90 Å². The van der Waals surface area contributed by atoms with Gasteiger partial charge in [-0.2, -0.15) is 0 Å². The first-order valence-corrected chi connectivity index (χ1v) is 6.92. The first-order valence-electron chi connectivity index (χ1n) is 6.92. The fourth-order valence-corrected chi connectivity index (χ4v) is 2.79. The summed E-state index contributed by atoms with van der Waals surface area (Å²) in [6, 6.07) is -0.0687. The summed E-state index contributed by atoms with van der Waals surface area (Å²) in [5, 5.41) is 3.28. The zero-order valence-corrected chi connectivity index (χ0v) is 10.6. The van der Waals surface area contributed by atoms with E-state index in [1.54, 1.807) is 0 Å². The Balaban J connectivity index is 1.50. The van der Waals surface area contributed by atoms with E-state index in [0.717, 1.165) is 45.4 Å². The monoisotopic (exact) mass is 252 g/mol. The Bertz CT molecular complexity index is 348. The van der Waals surface area contributed by atoms with Crippen molar-refractivity contribution in [3.63, 3.8) is 0 Å². The van der Waals surface area contributed by atoms with E-state index in [1.807, 2.05) is 0 Å². The van der Waals surface area contributed by atoms with Gasteiger partial charge in [-0.05, 0) is 38.1 Å². The van der Waals surface area contributed by atoms with Gasteiger partial charge in [-0.15, -0.1) is 0 Å². The largest absolute Gasteiger partial charge is 0.381 e. The summed E-state index contributed by atoms with van der Waals surface area (Å²) in [4.78, 5) is 25.3. The van der Waals surface area contributed by atoms with Gasteiger partial charge in [-0.25, -0.2) is 0 Å². The van der Waals surface area contributed by atoms with Gasteiger partial charge in [0, 0.05) is 19.3 Å². The fraction of sp³-hybridized carbons (Fsp3) is 0.846. The first kappa shape index (κ1) is 12.1. The molecule has 5 heteroatoms. The predicted octanol–water partition coefficient (Wildman–Crippen LogP) is 0.293. The number of hydrogen-bond donors (Lipinski definition) is 1. The van der Waals surface area contributed by atoms with E-state index in [2.05, 4.69) is 5.32 Å². The van der Waals surface area contributed by atoms with Crippen LogP contribution in [-0.2, 0) is 14.3 Å². The second-order valence-electron chi connectivity index (χ2n) is 5.55. The molecule has 1 N–H and O–H groups in total. The van der Waals surface area contributed by atoms with Crippen molar-refractivity contribution in [1.29, 1.82) is 0 Å². The standard InChI is InChI=1S/C13H20N2O3/c16-12-7-11(13(17)15(12)10-1-2-10)14-8-9-3-5-18-6-4-9/h9-11,14H,1-8H2. The molecule has 5 nitrogen and oxygen atoms in total. The summed E-state index contributed by atoms with van der Waals surface area (Å²) < 4.78 is 5.31. The van der Waals surface area contributed by atoms with Crippen LogP contribution in [0, 0.1) is 5.92 Å². The zero-order valence-electron chi connectivity index (χ0n) is 10.6. The molecule has 3 rings (SSSR count). The van der Waals surface area contributed by atoms with Crippen molar-refractivity contribution in [1.82, 2.24) is 10.2 Å². The highest BCUT2D eigenvalue weighted by molar-refractivity contribution is 6.06. The molecule has 100 valence electrons. The Hall–Kier alpha value is -0.940. The van der Waals surface area contributed by atoms with Crippen LogP contribution in [0.1, 0.15) is 32.1 Å². The average molecular weight is 252 g/mol. The van der Waals surface area contributed by atoms with Crippen LogP contribution in [0.4, 0.5) is 0 Å². The van der Waals surface area contributed by atoms with E-state index in [9.17, 15) is 9.59 Å². The Labute approximate surface area is 107 Å². The number of likely N-dealkylation sites (tertiary alicyclic amines) is 1. The molecule has 1 saturated carbocycles. The molecule has 1 aliphatic carbocycles. The highest BCUT2D eigenvalue weighted by atomic mass is 16.5. The molecule has 2 amide bonds. The van der Waals surface area contributed by atoms with Crippen LogP contribution >= 0.6 is 0 Å². The molecule has 2 saturated heterocycles. The lowest BCUT2D eigenvalue weighted by Crippen LogP contribution is -2.42. The molecule has 0 aromatic rings. The number of carbonyl (C=O) groups excluding carboxylic acids is 2. The van der Waals surface area contributed by atoms with E-state index in [4.69, 9.17) is 4.74 Å². The van der Waals surface area contributed by atoms with Crippen molar-refractivity contribution in [2.75, 3.05) is 19.8 Å². The number of imide groups is 1. The van der Waals surface area contributed by atoms with E-state index >= 15 is 0 Å². The summed E-state index contributed by atoms with van der Waals surface area (Å²) in [7, 11) is 0. The normalized spacial score (nSPS) is 30.2. The molecule has 3 aliphatic rings. The van der Waals surface area contributed by atoms with Gasteiger partial charge in [0.05, 0.1) is 12.5 Å². The van der Waals surface area contributed by atoms with Crippen molar-refractivity contribution in [3.05, 3.63) is 0 Å². The smallest absolute Gasteiger partial charge is 0.247 e. The molecule has 3 fully saturated rings. The second kappa shape index (κ2) is 4.97. The van der Waals surface area contributed by atoms with E-state index in [0.29, 0.717) is 12.3 Å². The number of hydrogen-bond acceptors (Lipinski definition) is 4. The molecule has 1 unspecified atom stereocenters. The minimum Gasteiger partial charge on any atom is -0.381 e. The molecule has 0 aromatic heterocycles. The minimum absolute atomic E-state index is 0.00504. The lowest BCUT2D eigenvalue weighted by molar-refractivity contribution is -0.139. The Kier molecular flexibility index (Phi) is 3.35. The number of carbonyl (C=O) groups is 2. The van der Waals surface area contributed by atoms with E-state index < -0.39 is 0 Å². The Morgan fingerprint density at radius 3 is 2.56 bits per heavy atom. The number of rotatable bonds is 4. The zero-order chi connectivity index (χ0) is 12.5. The first-order chi connectivity index (χ1) is 8.75. The highest BCUT2D eigenvalue weighted by Crippen LogP contribution is 2.31. The van der Waals surface area contributed by atoms with Gasteiger partial charge in [0.2, 0.25) is 11.8 Å². The van der Waals surface area contributed by atoms with Crippen molar-refractivity contribution in [2.24, 2.45) is 5.92 Å². The van der Waals surface area contributed by atoms with E-state index in [-0.39, 0.29) is 23.9 Å². The van der Waals surface area contributed by atoms with Crippen LogP contribution in [0.2, 0.25) is 0 Å². The average Bonchev–Trinajstić information content (AvgIpc) is 3.16. The van der Waals surface area contributed by atoms with Crippen molar-refractivity contribution < 1.29 is 14.3 Å². The Morgan fingerprint density at radius 1 is 1.17 bits per heavy atom. The predicted molar refractivity (Wildman–Crippen MR) is 64.8 cm³/mol. The topological polar surface area (TPSA) is 58.6 Å².